The molecule has 1 rings (SSSR count). The van der Waals surface area contributed by atoms with Gasteiger partial charge in [0.2, 0.25) is 0 Å². The third-order valence-electron chi connectivity index (χ3n) is 4.22. The quantitative estimate of drug-likeness (QED) is 0.676. The van der Waals surface area contributed by atoms with E-state index < -0.39 is 0 Å². The van der Waals surface area contributed by atoms with Crippen molar-refractivity contribution < 1.29 is 5.11 Å². The Hall–Kier alpha value is -0.120. The van der Waals surface area contributed by atoms with Crippen molar-refractivity contribution >= 4 is 0 Å². The third-order valence-corrected chi connectivity index (χ3v) is 4.22. The van der Waals surface area contributed by atoms with Crippen LogP contribution in [0.15, 0.2) is 0 Å². The van der Waals surface area contributed by atoms with E-state index in [1.54, 1.807) is 0 Å². The van der Waals surface area contributed by atoms with E-state index in [0.29, 0.717) is 17.4 Å². The number of aliphatic hydroxyl groups excluding tert-OH is 1. The van der Waals surface area contributed by atoms with Gasteiger partial charge in [-0.25, -0.2) is 0 Å². The van der Waals surface area contributed by atoms with E-state index in [0.717, 1.165) is 32.5 Å². The lowest BCUT2D eigenvalue weighted by Crippen LogP contribution is -2.45. The van der Waals surface area contributed by atoms with Crippen molar-refractivity contribution in [1.82, 2.24) is 10.2 Å². The molecular weight excluding hydrogens is 236 g/mol. The average Bonchev–Trinajstić information content (AvgIpc) is 2.24. The first-order chi connectivity index (χ1) is 8.84. The molecule has 2 N–H and O–H groups in total. The third kappa shape index (κ3) is 6.24. The number of hydrogen-bond acceptors (Lipinski definition) is 3. The summed E-state index contributed by atoms with van der Waals surface area (Å²) in [5.41, 5.74) is 0.357. The van der Waals surface area contributed by atoms with Gasteiger partial charge in [-0.1, -0.05) is 34.1 Å². The molecule has 1 aliphatic rings. The second kappa shape index (κ2) is 7.61. The molecule has 0 aromatic heterocycles. The molecule has 3 heteroatoms. The Bertz CT molecular complexity index is 251. The van der Waals surface area contributed by atoms with Crippen LogP contribution in [0, 0.1) is 11.3 Å². The van der Waals surface area contributed by atoms with Gasteiger partial charge in [0.05, 0.1) is 6.10 Å². The van der Waals surface area contributed by atoms with Gasteiger partial charge in [-0.05, 0) is 37.6 Å². The summed E-state index contributed by atoms with van der Waals surface area (Å²) in [7, 11) is 2.23. The second-order valence-corrected chi connectivity index (χ2v) is 7.28. The van der Waals surface area contributed by atoms with Gasteiger partial charge in [-0.2, -0.15) is 0 Å². The summed E-state index contributed by atoms with van der Waals surface area (Å²) in [5.74, 6) is 0.712. The van der Waals surface area contributed by atoms with E-state index in [2.05, 4.69) is 45.0 Å². The van der Waals surface area contributed by atoms with Crippen LogP contribution in [0.1, 0.15) is 53.4 Å². The van der Waals surface area contributed by atoms with Crippen molar-refractivity contribution in [2.45, 2.75) is 65.5 Å². The van der Waals surface area contributed by atoms with Gasteiger partial charge in [0, 0.05) is 25.7 Å². The van der Waals surface area contributed by atoms with Gasteiger partial charge in [-0.15, -0.1) is 0 Å². The second-order valence-electron chi connectivity index (χ2n) is 7.28. The molecule has 1 atom stereocenters. The Morgan fingerprint density at radius 2 is 2.00 bits per heavy atom. The Labute approximate surface area is 119 Å². The van der Waals surface area contributed by atoms with Gasteiger partial charge < -0.3 is 15.3 Å². The smallest absolute Gasteiger partial charge is 0.0546 e. The minimum Gasteiger partial charge on any atom is -0.393 e. The summed E-state index contributed by atoms with van der Waals surface area (Å²) < 4.78 is 0. The summed E-state index contributed by atoms with van der Waals surface area (Å²) in [5, 5.41) is 13.0. The fourth-order valence-corrected chi connectivity index (χ4v) is 3.28. The zero-order valence-corrected chi connectivity index (χ0v) is 13.6. The van der Waals surface area contributed by atoms with Crippen molar-refractivity contribution in [3.8, 4) is 0 Å². The SMILES string of the molecule is CCCC(C)(CNC(C)C)CN(C)CC1CC(O)C1. The molecule has 114 valence electrons. The van der Waals surface area contributed by atoms with E-state index in [1.807, 2.05) is 0 Å². The lowest BCUT2D eigenvalue weighted by atomic mass is 9.81. The van der Waals surface area contributed by atoms with Gasteiger partial charge in [0.25, 0.3) is 0 Å². The number of nitrogens with zero attached hydrogens (tertiary/aromatic N) is 1. The van der Waals surface area contributed by atoms with Crippen molar-refractivity contribution in [3.63, 3.8) is 0 Å². The normalized spacial score (nSPS) is 26.5. The summed E-state index contributed by atoms with van der Waals surface area (Å²) in [6, 6.07) is 0.559. The summed E-state index contributed by atoms with van der Waals surface area (Å²) in [6.07, 6.45) is 4.48. The molecule has 0 spiro atoms. The highest BCUT2D eigenvalue weighted by atomic mass is 16.3. The van der Waals surface area contributed by atoms with E-state index in [1.165, 1.54) is 12.8 Å². The van der Waals surface area contributed by atoms with Crippen LogP contribution in [0.5, 0.6) is 0 Å². The molecule has 1 unspecified atom stereocenters. The van der Waals surface area contributed by atoms with Crippen LogP contribution in [0.4, 0.5) is 0 Å². The lowest BCUT2D eigenvalue weighted by Gasteiger charge is -2.39. The maximum atomic E-state index is 9.36. The van der Waals surface area contributed by atoms with Gasteiger partial charge in [-0.3, -0.25) is 0 Å². The number of hydrogen-bond donors (Lipinski definition) is 2. The molecule has 1 saturated carbocycles. The first kappa shape index (κ1) is 16.9. The highest BCUT2D eigenvalue weighted by molar-refractivity contribution is 4.84. The minimum absolute atomic E-state index is 0.0250. The van der Waals surface area contributed by atoms with Gasteiger partial charge in [0.1, 0.15) is 0 Å². The Morgan fingerprint density at radius 3 is 2.47 bits per heavy atom. The first-order valence-electron chi connectivity index (χ1n) is 7.94. The standard InChI is InChI=1S/C16H34N2O/c1-6-7-16(4,11-17-13(2)3)12-18(5)10-14-8-15(19)9-14/h13-15,17,19H,6-12H2,1-5H3. The van der Waals surface area contributed by atoms with E-state index >= 15 is 0 Å². The van der Waals surface area contributed by atoms with E-state index in [9.17, 15) is 5.11 Å². The molecule has 0 saturated heterocycles. The Morgan fingerprint density at radius 1 is 1.37 bits per heavy atom. The van der Waals surface area contributed by atoms with Gasteiger partial charge >= 0.3 is 0 Å². The van der Waals surface area contributed by atoms with E-state index in [4.69, 9.17) is 0 Å². The summed E-state index contributed by atoms with van der Waals surface area (Å²) >= 11 is 0. The molecule has 0 aromatic rings. The minimum atomic E-state index is -0.0250. The molecule has 0 radical (unpaired) electrons. The van der Waals surface area contributed by atoms with Crippen molar-refractivity contribution in [2.24, 2.45) is 11.3 Å². The fourth-order valence-electron chi connectivity index (χ4n) is 3.28. The largest absolute Gasteiger partial charge is 0.393 e. The van der Waals surface area contributed by atoms with Crippen LogP contribution in [0.2, 0.25) is 0 Å². The van der Waals surface area contributed by atoms with Crippen LogP contribution in [-0.4, -0.2) is 48.8 Å². The summed E-state index contributed by atoms with van der Waals surface area (Å²) in [6.45, 7) is 12.5. The predicted octanol–water partition coefficient (Wildman–Crippen LogP) is 2.49. The maximum Gasteiger partial charge on any atom is 0.0546 e. The highest BCUT2D eigenvalue weighted by Gasteiger charge is 2.30. The summed E-state index contributed by atoms with van der Waals surface area (Å²) in [4.78, 5) is 2.47. The van der Waals surface area contributed by atoms with Crippen LogP contribution in [-0.2, 0) is 0 Å². The fraction of sp³-hybridized carbons (Fsp3) is 1.00. The molecule has 1 aliphatic carbocycles. The highest BCUT2D eigenvalue weighted by Crippen LogP contribution is 2.29. The zero-order chi connectivity index (χ0) is 14.5. The predicted molar refractivity (Wildman–Crippen MR) is 82.4 cm³/mol. The Balaban J connectivity index is 2.37. The zero-order valence-electron chi connectivity index (χ0n) is 13.6. The van der Waals surface area contributed by atoms with Crippen molar-refractivity contribution in [2.75, 3.05) is 26.7 Å². The van der Waals surface area contributed by atoms with E-state index in [-0.39, 0.29) is 6.10 Å². The first-order valence-corrected chi connectivity index (χ1v) is 7.94. The molecule has 19 heavy (non-hydrogen) atoms. The Kier molecular flexibility index (Phi) is 6.78. The molecule has 0 heterocycles. The number of nitrogens with one attached hydrogen (secondary N) is 1. The topological polar surface area (TPSA) is 35.5 Å². The van der Waals surface area contributed by atoms with Crippen LogP contribution in [0.25, 0.3) is 0 Å². The lowest BCUT2D eigenvalue weighted by molar-refractivity contribution is 0.0219. The van der Waals surface area contributed by atoms with Gasteiger partial charge in [0.15, 0.2) is 0 Å². The molecule has 0 aliphatic heterocycles. The molecule has 0 aromatic carbocycles. The number of aliphatic hydroxyl groups is 1. The monoisotopic (exact) mass is 270 g/mol. The van der Waals surface area contributed by atoms with Crippen LogP contribution >= 0.6 is 0 Å². The number of rotatable bonds is 9. The molecule has 1 fully saturated rings. The molecule has 0 amide bonds. The maximum absolute atomic E-state index is 9.36. The van der Waals surface area contributed by atoms with Crippen LogP contribution < -0.4 is 5.32 Å². The van der Waals surface area contributed by atoms with Crippen LogP contribution in [0.3, 0.4) is 0 Å². The van der Waals surface area contributed by atoms with Crippen molar-refractivity contribution in [3.05, 3.63) is 0 Å². The average molecular weight is 270 g/mol. The van der Waals surface area contributed by atoms with Crippen molar-refractivity contribution in [1.29, 1.82) is 0 Å². The molecular formula is C16H34N2O. The molecule has 3 nitrogen and oxygen atoms in total. The molecule has 0 bridgehead atoms.